The van der Waals surface area contributed by atoms with Crippen molar-refractivity contribution in [2.75, 3.05) is 24.7 Å². The molecule has 1 fully saturated rings. The molecule has 0 radical (unpaired) electrons. The maximum absolute atomic E-state index is 12.8. The molecule has 6 heteroatoms. The second-order valence-electron chi connectivity index (χ2n) is 7.07. The number of nitrogens with one attached hydrogen (secondary N) is 1. The van der Waals surface area contributed by atoms with Crippen molar-refractivity contribution in [2.45, 2.75) is 25.8 Å². The normalized spacial score (nSPS) is 21.0. The van der Waals surface area contributed by atoms with Crippen molar-refractivity contribution in [3.8, 4) is 11.5 Å². The van der Waals surface area contributed by atoms with Gasteiger partial charge >= 0.3 is 0 Å². The number of fused-ring (bicyclic) bond motifs is 1. The van der Waals surface area contributed by atoms with E-state index in [2.05, 4.69) is 5.32 Å². The van der Waals surface area contributed by atoms with E-state index in [1.165, 1.54) is 0 Å². The van der Waals surface area contributed by atoms with Gasteiger partial charge in [0.2, 0.25) is 11.8 Å². The van der Waals surface area contributed by atoms with Gasteiger partial charge in [0.15, 0.2) is 0 Å². The van der Waals surface area contributed by atoms with Gasteiger partial charge in [0, 0.05) is 30.6 Å². The van der Waals surface area contributed by atoms with E-state index in [1.54, 1.807) is 4.90 Å². The highest BCUT2D eigenvalue weighted by atomic mass is 16.5. The third-order valence-electron chi connectivity index (χ3n) is 5.23. The number of para-hydroxylation sites is 1. The van der Waals surface area contributed by atoms with Crippen molar-refractivity contribution >= 4 is 17.5 Å². The largest absolute Gasteiger partial charge is 0.494 e. The number of carbonyl (C=O) groups excluding carboxylic acids is 2. The lowest BCUT2D eigenvalue weighted by Crippen LogP contribution is -2.37. The maximum Gasteiger partial charge on any atom is 0.227 e. The number of carbonyl (C=O) groups is 2. The Hall–Kier alpha value is -3.02. The van der Waals surface area contributed by atoms with Crippen LogP contribution in [0.15, 0.2) is 48.5 Å². The summed E-state index contributed by atoms with van der Waals surface area (Å²) in [6, 6.07) is 15.1. The van der Waals surface area contributed by atoms with Crippen LogP contribution in [0.1, 0.15) is 31.4 Å². The standard InChI is InChI=1S/C22H24N2O4/c1-2-27-17-9-7-16(8-10-17)24-14-15(13-21(24)25)22(26)23-19-11-12-28-20-6-4-3-5-18(19)20/h3-10,15,19H,2,11-14H2,1H3,(H,23,26)/t15-,19+/m1/s1. The minimum absolute atomic E-state index is 0.0308. The van der Waals surface area contributed by atoms with Crippen LogP contribution in [0.25, 0.3) is 0 Å². The van der Waals surface area contributed by atoms with E-state index in [-0.39, 0.29) is 30.2 Å². The zero-order valence-electron chi connectivity index (χ0n) is 15.9. The van der Waals surface area contributed by atoms with E-state index < -0.39 is 0 Å². The highest BCUT2D eigenvalue weighted by Gasteiger charge is 2.36. The molecule has 6 nitrogen and oxygen atoms in total. The molecular formula is C22H24N2O4. The van der Waals surface area contributed by atoms with Crippen molar-refractivity contribution in [1.29, 1.82) is 0 Å². The van der Waals surface area contributed by atoms with Crippen LogP contribution in [-0.4, -0.2) is 31.6 Å². The van der Waals surface area contributed by atoms with Crippen LogP contribution in [0.4, 0.5) is 5.69 Å². The van der Waals surface area contributed by atoms with E-state index >= 15 is 0 Å². The van der Waals surface area contributed by atoms with Gasteiger partial charge in [-0.15, -0.1) is 0 Å². The van der Waals surface area contributed by atoms with Crippen molar-refractivity contribution in [3.63, 3.8) is 0 Å². The van der Waals surface area contributed by atoms with Crippen LogP contribution in [-0.2, 0) is 9.59 Å². The maximum atomic E-state index is 12.8. The molecule has 2 heterocycles. The Morgan fingerprint density at radius 1 is 1.21 bits per heavy atom. The van der Waals surface area contributed by atoms with E-state index in [1.807, 2.05) is 55.5 Å². The number of ether oxygens (including phenoxy) is 2. The number of hydrogen-bond donors (Lipinski definition) is 1. The predicted molar refractivity (Wildman–Crippen MR) is 106 cm³/mol. The number of anilines is 1. The summed E-state index contributed by atoms with van der Waals surface area (Å²) < 4.78 is 11.1. The molecule has 2 aromatic carbocycles. The molecule has 4 rings (SSSR count). The first-order chi connectivity index (χ1) is 13.7. The number of rotatable bonds is 5. The Labute approximate surface area is 164 Å². The number of benzene rings is 2. The van der Waals surface area contributed by atoms with Crippen molar-refractivity contribution in [2.24, 2.45) is 5.92 Å². The van der Waals surface area contributed by atoms with E-state index in [9.17, 15) is 9.59 Å². The summed E-state index contributed by atoms with van der Waals surface area (Å²) in [5.74, 6) is 1.12. The quantitative estimate of drug-likeness (QED) is 0.866. The molecule has 2 amide bonds. The molecule has 0 aliphatic carbocycles. The van der Waals surface area contributed by atoms with Gasteiger partial charge in [-0.1, -0.05) is 18.2 Å². The predicted octanol–water partition coefficient (Wildman–Crippen LogP) is 3.08. The molecule has 1 saturated heterocycles. The van der Waals surface area contributed by atoms with E-state index in [0.717, 1.165) is 29.2 Å². The minimum atomic E-state index is -0.353. The molecule has 2 aliphatic heterocycles. The SMILES string of the molecule is CCOc1ccc(N2C[C@H](C(=O)N[C@H]3CCOc4ccccc43)CC2=O)cc1. The first-order valence-electron chi connectivity index (χ1n) is 9.71. The van der Waals surface area contributed by atoms with Gasteiger partial charge in [-0.25, -0.2) is 0 Å². The Bertz CT molecular complexity index is 865. The minimum Gasteiger partial charge on any atom is -0.494 e. The lowest BCUT2D eigenvalue weighted by atomic mass is 9.99. The molecule has 1 N–H and O–H groups in total. The zero-order chi connectivity index (χ0) is 19.5. The lowest BCUT2D eigenvalue weighted by molar-refractivity contribution is -0.127. The third-order valence-corrected chi connectivity index (χ3v) is 5.23. The summed E-state index contributed by atoms with van der Waals surface area (Å²) in [6.45, 7) is 3.49. The summed E-state index contributed by atoms with van der Waals surface area (Å²) in [4.78, 5) is 27.0. The molecule has 2 aliphatic rings. The second kappa shape index (κ2) is 7.92. The van der Waals surface area contributed by atoms with Gasteiger partial charge in [-0.2, -0.15) is 0 Å². The molecule has 0 spiro atoms. The number of nitrogens with zero attached hydrogens (tertiary/aromatic N) is 1. The van der Waals surface area contributed by atoms with Crippen molar-refractivity contribution in [1.82, 2.24) is 5.32 Å². The Morgan fingerprint density at radius 2 is 2.00 bits per heavy atom. The van der Waals surface area contributed by atoms with E-state index in [0.29, 0.717) is 19.8 Å². The zero-order valence-corrected chi connectivity index (χ0v) is 15.9. The average molecular weight is 380 g/mol. The van der Waals surface area contributed by atoms with Crippen molar-refractivity contribution in [3.05, 3.63) is 54.1 Å². The highest BCUT2D eigenvalue weighted by Crippen LogP contribution is 2.33. The summed E-state index contributed by atoms with van der Waals surface area (Å²) in [5.41, 5.74) is 1.79. The fourth-order valence-corrected chi connectivity index (χ4v) is 3.80. The van der Waals surface area contributed by atoms with Gasteiger partial charge in [0.05, 0.1) is 25.2 Å². The number of hydrogen-bond acceptors (Lipinski definition) is 4. The Kier molecular flexibility index (Phi) is 5.19. The van der Waals surface area contributed by atoms with Crippen LogP contribution in [0.5, 0.6) is 11.5 Å². The first kappa shape index (κ1) is 18.3. The summed E-state index contributed by atoms with van der Waals surface area (Å²) >= 11 is 0. The topological polar surface area (TPSA) is 67.9 Å². The molecular weight excluding hydrogens is 356 g/mol. The Balaban J connectivity index is 1.42. The van der Waals surface area contributed by atoms with Gasteiger partial charge in [-0.3, -0.25) is 9.59 Å². The van der Waals surface area contributed by atoms with Crippen molar-refractivity contribution < 1.29 is 19.1 Å². The lowest BCUT2D eigenvalue weighted by Gasteiger charge is -2.27. The van der Waals surface area contributed by atoms with Gasteiger partial charge in [0.1, 0.15) is 11.5 Å². The summed E-state index contributed by atoms with van der Waals surface area (Å²) in [5, 5.41) is 3.12. The van der Waals surface area contributed by atoms with Crippen LogP contribution in [0, 0.1) is 5.92 Å². The van der Waals surface area contributed by atoms with E-state index in [4.69, 9.17) is 9.47 Å². The summed E-state index contributed by atoms with van der Waals surface area (Å²) in [7, 11) is 0. The van der Waals surface area contributed by atoms with Crippen LogP contribution >= 0.6 is 0 Å². The molecule has 28 heavy (non-hydrogen) atoms. The molecule has 2 atom stereocenters. The molecule has 146 valence electrons. The smallest absolute Gasteiger partial charge is 0.227 e. The van der Waals surface area contributed by atoms with Gasteiger partial charge in [-0.05, 0) is 37.3 Å². The van der Waals surface area contributed by atoms with Gasteiger partial charge in [0.25, 0.3) is 0 Å². The fraction of sp³-hybridized carbons (Fsp3) is 0.364. The fourth-order valence-electron chi connectivity index (χ4n) is 3.80. The molecule has 0 unspecified atom stereocenters. The van der Waals surface area contributed by atoms with Crippen LogP contribution in [0.2, 0.25) is 0 Å². The Morgan fingerprint density at radius 3 is 2.79 bits per heavy atom. The molecule has 0 aromatic heterocycles. The van der Waals surface area contributed by atoms with Gasteiger partial charge < -0.3 is 19.7 Å². The molecule has 0 bridgehead atoms. The first-order valence-corrected chi connectivity index (χ1v) is 9.71. The monoisotopic (exact) mass is 380 g/mol. The molecule has 0 saturated carbocycles. The summed E-state index contributed by atoms with van der Waals surface area (Å²) in [6.07, 6.45) is 0.954. The number of amides is 2. The molecule has 2 aromatic rings. The third kappa shape index (κ3) is 3.67. The highest BCUT2D eigenvalue weighted by molar-refractivity contribution is 6.00. The van der Waals surface area contributed by atoms with Crippen LogP contribution in [0.3, 0.4) is 0 Å². The second-order valence-corrected chi connectivity index (χ2v) is 7.07. The average Bonchev–Trinajstić information content (AvgIpc) is 3.11. The van der Waals surface area contributed by atoms with Crippen LogP contribution < -0.4 is 19.7 Å².